The van der Waals surface area contributed by atoms with Gasteiger partial charge in [0.25, 0.3) is 6.01 Å². The van der Waals surface area contributed by atoms with Gasteiger partial charge >= 0.3 is 0 Å². The Morgan fingerprint density at radius 3 is 2.00 bits per heavy atom. The average Bonchev–Trinajstić information content (AvgIpc) is 3.23. The Labute approximate surface area is 183 Å². The number of para-hydroxylation sites is 2. The van der Waals surface area contributed by atoms with Crippen molar-refractivity contribution < 1.29 is 12.8 Å². The van der Waals surface area contributed by atoms with Gasteiger partial charge in [0.1, 0.15) is 5.52 Å². The van der Waals surface area contributed by atoms with Gasteiger partial charge in [-0.1, -0.05) is 12.1 Å². The largest absolute Gasteiger partial charge is 0.423 e. The third kappa shape index (κ3) is 4.28. The van der Waals surface area contributed by atoms with Crippen molar-refractivity contribution in [3.8, 4) is 0 Å². The van der Waals surface area contributed by atoms with Crippen LogP contribution >= 0.6 is 0 Å². The number of oxazole rings is 1. The predicted octanol–water partition coefficient (Wildman–Crippen LogP) is 4.36. The Hall–Kier alpha value is -2.54. The highest BCUT2D eigenvalue weighted by Crippen LogP contribution is 2.35. The second-order valence-electron chi connectivity index (χ2n) is 8.88. The quantitative estimate of drug-likeness (QED) is 0.602. The second-order valence-corrected chi connectivity index (χ2v) is 10.9. The molecule has 2 saturated heterocycles. The van der Waals surface area contributed by atoms with Gasteiger partial charge in [0, 0.05) is 38.1 Å². The highest BCUT2D eigenvalue weighted by atomic mass is 32.2. The first-order valence-corrected chi connectivity index (χ1v) is 13.0. The highest BCUT2D eigenvalue weighted by molar-refractivity contribution is 7.90. The molecule has 2 fully saturated rings. The molecule has 5 rings (SSSR count). The molecule has 3 aromatic rings. The third-order valence-corrected chi connectivity index (χ3v) is 8.06. The molecule has 0 aliphatic carbocycles. The summed E-state index contributed by atoms with van der Waals surface area (Å²) in [5.74, 6) is 1.52. The minimum atomic E-state index is -3.14. The van der Waals surface area contributed by atoms with Crippen LogP contribution in [0.15, 0.2) is 57.8 Å². The molecule has 3 heterocycles. The van der Waals surface area contributed by atoms with Gasteiger partial charge in [-0.3, -0.25) is 0 Å². The van der Waals surface area contributed by atoms with Gasteiger partial charge in [-0.25, -0.2) is 8.42 Å². The number of aromatic nitrogens is 1. The maximum absolute atomic E-state index is 11.7. The molecular weight excluding hydrogens is 410 g/mol. The summed E-state index contributed by atoms with van der Waals surface area (Å²) in [6.45, 7) is 4.08. The van der Waals surface area contributed by atoms with Crippen molar-refractivity contribution in [2.75, 3.05) is 42.2 Å². The lowest BCUT2D eigenvalue weighted by Crippen LogP contribution is -2.41. The van der Waals surface area contributed by atoms with E-state index in [1.165, 1.54) is 31.9 Å². The molecule has 164 valence electrons. The van der Waals surface area contributed by atoms with E-state index in [1.807, 2.05) is 36.4 Å². The van der Waals surface area contributed by atoms with E-state index in [2.05, 4.69) is 14.8 Å². The lowest BCUT2D eigenvalue weighted by Gasteiger charge is -2.40. The van der Waals surface area contributed by atoms with E-state index >= 15 is 0 Å². The number of nitrogens with zero attached hydrogens (tertiary/aromatic N) is 3. The molecule has 7 heteroatoms. The molecule has 0 N–H and O–H groups in total. The minimum absolute atomic E-state index is 0.386. The summed E-state index contributed by atoms with van der Waals surface area (Å²) >= 11 is 0. The number of hydrogen-bond donors (Lipinski definition) is 0. The number of rotatable bonds is 4. The first-order chi connectivity index (χ1) is 15.0. The maximum atomic E-state index is 11.7. The van der Waals surface area contributed by atoms with Crippen LogP contribution in [-0.4, -0.2) is 45.8 Å². The van der Waals surface area contributed by atoms with E-state index in [0.29, 0.717) is 4.90 Å². The molecule has 0 atom stereocenters. The van der Waals surface area contributed by atoms with Gasteiger partial charge in [-0.05, 0) is 73.9 Å². The molecule has 6 nitrogen and oxygen atoms in total. The molecule has 0 bridgehead atoms. The first kappa shape index (κ1) is 20.4. The Kier molecular flexibility index (Phi) is 5.38. The van der Waals surface area contributed by atoms with Crippen LogP contribution in [0, 0.1) is 11.8 Å². The van der Waals surface area contributed by atoms with Crippen molar-refractivity contribution >= 4 is 32.6 Å². The van der Waals surface area contributed by atoms with Crippen LogP contribution in [0.3, 0.4) is 0 Å². The zero-order chi connectivity index (χ0) is 21.4. The van der Waals surface area contributed by atoms with Crippen LogP contribution in [0.25, 0.3) is 11.1 Å². The fourth-order valence-electron chi connectivity index (χ4n) is 5.09. The lowest BCUT2D eigenvalue weighted by atomic mass is 9.79. The fraction of sp³-hybridized carbons (Fsp3) is 0.458. The number of anilines is 2. The molecule has 2 aromatic carbocycles. The molecular formula is C24H29N3O3S. The van der Waals surface area contributed by atoms with Crippen LogP contribution < -0.4 is 9.80 Å². The third-order valence-electron chi connectivity index (χ3n) is 6.93. The average molecular weight is 440 g/mol. The van der Waals surface area contributed by atoms with Crippen molar-refractivity contribution in [2.24, 2.45) is 11.8 Å². The van der Waals surface area contributed by atoms with Crippen molar-refractivity contribution in [1.82, 2.24) is 4.98 Å². The molecule has 0 amide bonds. The summed E-state index contributed by atoms with van der Waals surface area (Å²) in [6.07, 6.45) is 6.02. The highest BCUT2D eigenvalue weighted by Gasteiger charge is 2.31. The van der Waals surface area contributed by atoms with Gasteiger partial charge in [-0.15, -0.1) is 0 Å². The minimum Gasteiger partial charge on any atom is -0.423 e. The normalized spacial score (nSPS) is 19.3. The summed E-state index contributed by atoms with van der Waals surface area (Å²) in [6, 6.07) is 16.0. The van der Waals surface area contributed by atoms with Gasteiger partial charge < -0.3 is 14.2 Å². The Bertz CT molecular complexity index is 1110. The van der Waals surface area contributed by atoms with Crippen molar-refractivity contribution in [3.63, 3.8) is 0 Å². The van der Waals surface area contributed by atoms with E-state index < -0.39 is 9.84 Å². The summed E-state index contributed by atoms with van der Waals surface area (Å²) < 4.78 is 29.3. The van der Waals surface area contributed by atoms with Crippen LogP contribution in [-0.2, 0) is 9.84 Å². The molecule has 2 aliphatic rings. The molecule has 0 unspecified atom stereocenters. The molecule has 0 spiro atoms. The van der Waals surface area contributed by atoms with E-state index in [4.69, 9.17) is 4.42 Å². The van der Waals surface area contributed by atoms with Crippen LogP contribution in [0.2, 0.25) is 0 Å². The van der Waals surface area contributed by atoms with Crippen molar-refractivity contribution in [2.45, 2.75) is 30.6 Å². The van der Waals surface area contributed by atoms with Crippen molar-refractivity contribution in [1.29, 1.82) is 0 Å². The summed E-state index contributed by atoms with van der Waals surface area (Å²) in [4.78, 5) is 9.71. The maximum Gasteiger partial charge on any atom is 0.298 e. The number of hydrogen-bond acceptors (Lipinski definition) is 6. The lowest BCUT2D eigenvalue weighted by molar-refractivity contribution is 0.230. The van der Waals surface area contributed by atoms with Crippen molar-refractivity contribution in [3.05, 3.63) is 48.5 Å². The SMILES string of the molecule is CS(=O)(=O)c1ccc(N2CCC(C3CCN(c4nc5ccccc5o4)CC3)CC2)cc1. The van der Waals surface area contributed by atoms with Gasteiger partial charge in [0.2, 0.25) is 0 Å². The van der Waals surface area contributed by atoms with Gasteiger partial charge in [-0.2, -0.15) is 4.98 Å². The fourth-order valence-corrected chi connectivity index (χ4v) is 5.72. The second kappa shape index (κ2) is 8.19. The number of fused-ring (bicyclic) bond motifs is 1. The standard InChI is InChI=1S/C24H29N3O3S/c1-31(28,29)21-8-6-20(7-9-21)26-14-10-18(11-15-26)19-12-16-27(17-13-19)24-25-22-4-2-3-5-23(22)30-24/h2-9,18-19H,10-17H2,1H3. The molecule has 1 aromatic heterocycles. The van der Waals surface area contributed by atoms with Gasteiger partial charge in [0.05, 0.1) is 4.90 Å². The molecule has 31 heavy (non-hydrogen) atoms. The zero-order valence-electron chi connectivity index (χ0n) is 17.9. The van der Waals surface area contributed by atoms with Gasteiger partial charge in [0.15, 0.2) is 15.4 Å². The molecule has 2 aliphatic heterocycles. The van der Waals surface area contributed by atoms with Crippen LogP contribution in [0.5, 0.6) is 0 Å². The Morgan fingerprint density at radius 1 is 0.839 bits per heavy atom. The van der Waals surface area contributed by atoms with E-state index in [1.54, 1.807) is 12.1 Å². The monoisotopic (exact) mass is 439 g/mol. The van der Waals surface area contributed by atoms with E-state index in [0.717, 1.165) is 60.8 Å². The Balaban J connectivity index is 1.15. The summed E-state index contributed by atoms with van der Waals surface area (Å²) in [5.41, 5.74) is 2.91. The summed E-state index contributed by atoms with van der Waals surface area (Å²) in [5, 5.41) is 0. The zero-order valence-corrected chi connectivity index (χ0v) is 18.7. The molecule has 0 saturated carbocycles. The van der Waals surface area contributed by atoms with E-state index in [-0.39, 0.29) is 0 Å². The van der Waals surface area contributed by atoms with E-state index in [9.17, 15) is 8.42 Å². The summed E-state index contributed by atoms with van der Waals surface area (Å²) in [7, 11) is -3.14. The first-order valence-electron chi connectivity index (χ1n) is 11.1. The smallest absolute Gasteiger partial charge is 0.298 e. The number of sulfone groups is 1. The van der Waals surface area contributed by atoms with Crippen LogP contribution in [0.4, 0.5) is 11.7 Å². The number of piperidine rings is 2. The molecule has 0 radical (unpaired) electrons. The van der Waals surface area contributed by atoms with Crippen LogP contribution in [0.1, 0.15) is 25.7 Å². The number of benzene rings is 2. The topological polar surface area (TPSA) is 66.7 Å². The predicted molar refractivity (Wildman–Crippen MR) is 123 cm³/mol. The Morgan fingerprint density at radius 2 is 1.42 bits per heavy atom.